The number of amides is 1. The van der Waals surface area contributed by atoms with Gasteiger partial charge in [0.25, 0.3) is 5.91 Å². The Hall–Kier alpha value is -2.50. The lowest BCUT2D eigenvalue weighted by Crippen LogP contribution is -2.26. The summed E-state index contributed by atoms with van der Waals surface area (Å²) in [5, 5.41) is 6.93. The van der Waals surface area contributed by atoms with E-state index >= 15 is 0 Å². The first-order chi connectivity index (χ1) is 9.72. The molecule has 2 rings (SSSR count). The lowest BCUT2D eigenvalue weighted by atomic mass is 10.1. The molecule has 0 bridgehead atoms. The maximum absolute atomic E-state index is 12.1. The summed E-state index contributed by atoms with van der Waals surface area (Å²) in [6.07, 6.45) is 4.41. The number of nitrogens with one attached hydrogen (secondary N) is 1. The van der Waals surface area contributed by atoms with Gasteiger partial charge in [0, 0.05) is 31.2 Å². The molecule has 20 heavy (non-hydrogen) atoms. The van der Waals surface area contributed by atoms with Crippen LogP contribution in [0.3, 0.4) is 0 Å². The second-order valence-corrected chi connectivity index (χ2v) is 4.30. The zero-order valence-corrected chi connectivity index (χ0v) is 11.4. The molecule has 1 heterocycles. The van der Waals surface area contributed by atoms with Crippen molar-refractivity contribution in [3.05, 3.63) is 42.2 Å². The Morgan fingerprint density at radius 2 is 2.30 bits per heavy atom. The highest BCUT2D eigenvalue weighted by atomic mass is 16.5. The standard InChI is InChI=1S/C14H18N4O2/c1-20-12-6-2-5-11(15)13(12)14(19)16-7-3-9-18-10-4-8-17-18/h2,4-6,8,10H,3,7,9,15H2,1H3,(H,16,19). The summed E-state index contributed by atoms with van der Waals surface area (Å²) in [6, 6.07) is 7.02. The van der Waals surface area contributed by atoms with Gasteiger partial charge in [-0.05, 0) is 24.6 Å². The van der Waals surface area contributed by atoms with Gasteiger partial charge in [0.2, 0.25) is 0 Å². The van der Waals surface area contributed by atoms with Crippen LogP contribution in [0.4, 0.5) is 5.69 Å². The number of nitrogens with two attached hydrogens (primary N) is 1. The van der Waals surface area contributed by atoms with Crippen LogP contribution in [-0.2, 0) is 6.54 Å². The number of carbonyl (C=O) groups is 1. The zero-order chi connectivity index (χ0) is 14.4. The van der Waals surface area contributed by atoms with Crippen LogP contribution in [-0.4, -0.2) is 29.3 Å². The van der Waals surface area contributed by atoms with Crippen molar-refractivity contribution in [1.82, 2.24) is 15.1 Å². The maximum atomic E-state index is 12.1. The molecular formula is C14H18N4O2. The number of ether oxygens (including phenoxy) is 1. The third-order valence-corrected chi connectivity index (χ3v) is 2.91. The number of aryl methyl sites for hydroxylation is 1. The quantitative estimate of drug-likeness (QED) is 0.614. The lowest BCUT2D eigenvalue weighted by Gasteiger charge is -2.11. The largest absolute Gasteiger partial charge is 0.496 e. The molecule has 0 spiro atoms. The van der Waals surface area contributed by atoms with Crippen molar-refractivity contribution in [1.29, 1.82) is 0 Å². The molecule has 0 atom stereocenters. The van der Waals surface area contributed by atoms with E-state index in [1.54, 1.807) is 24.4 Å². The Bertz CT molecular complexity index is 567. The van der Waals surface area contributed by atoms with Crippen LogP contribution in [0.5, 0.6) is 5.75 Å². The Balaban J connectivity index is 1.89. The van der Waals surface area contributed by atoms with E-state index in [0.29, 0.717) is 23.5 Å². The van der Waals surface area contributed by atoms with Crippen LogP contribution in [0.25, 0.3) is 0 Å². The van der Waals surface area contributed by atoms with E-state index in [1.807, 2.05) is 16.9 Å². The van der Waals surface area contributed by atoms with Crippen LogP contribution >= 0.6 is 0 Å². The molecule has 1 amide bonds. The molecule has 6 nitrogen and oxygen atoms in total. The molecule has 0 aliphatic heterocycles. The summed E-state index contributed by atoms with van der Waals surface area (Å²) in [7, 11) is 1.52. The summed E-state index contributed by atoms with van der Waals surface area (Å²) in [5.74, 6) is 0.259. The second kappa shape index (κ2) is 6.60. The van der Waals surface area contributed by atoms with E-state index in [9.17, 15) is 4.79 Å². The maximum Gasteiger partial charge on any atom is 0.257 e. The molecule has 3 N–H and O–H groups in total. The number of hydrogen-bond donors (Lipinski definition) is 2. The highest BCUT2D eigenvalue weighted by molar-refractivity contribution is 6.01. The predicted molar refractivity (Wildman–Crippen MR) is 76.6 cm³/mol. The van der Waals surface area contributed by atoms with Crippen LogP contribution in [0, 0.1) is 0 Å². The van der Waals surface area contributed by atoms with Gasteiger partial charge in [0.15, 0.2) is 0 Å². The molecule has 0 radical (unpaired) electrons. The Morgan fingerprint density at radius 1 is 1.45 bits per heavy atom. The van der Waals surface area contributed by atoms with E-state index in [4.69, 9.17) is 10.5 Å². The molecule has 0 unspecified atom stereocenters. The fourth-order valence-corrected chi connectivity index (χ4v) is 1.93. The number of anilines is 1. The number of rotatable bonds is 6. The fraction of sp³-hybridized carbons (Fsp3) is 0.286. The number of carbonyl (C=O) groups excluding carboxylic acids is 1. The van der Waals surface area contributed by atoms with Gasteiger partial charge in [-0.2, -0.15) is 5.10 Å². The van der Waals surface area contributed by atoms with Gasteiger partial charge in [-0.3, -0.25) is 9.48 Å². The number of hydrogen-bond acceptors (Lipinski definition) is 4. The van der Waals surface area contributed by atoms with Crippen molar-refractivity contribution in [3.8, 4) is 5.75 Å². The lowest BCUT2D eigenvalue weighted by molar-refractivity contribution is 0.0950. The zero-order valence-electron chi connectivity index (χ0n) is 11.4. The first kappa shape index (κ1) is 13.9. The monoisotopic (exact) mass is 274 g/mol. The Kier molecular flexibility index (Phi) is 4.60. The van der Waals surface area contributed by atoms with E-state index in [0.717, 1.165) is 13.0 Å². The summed E-state index contributed by atoms with van der Waals surface area (Å²) in [6.45, 7) is 1.31. The minimum Gasteiger partial charge on any atom is -0.496 e. The number of methoxy groups -OCH3 is 1. The van der Waals surface area contributed by atoms with Crippen molar-refractivity contribution in [3.63, 3.8) is 0 Å². The topological polar surface area (TPSA) is 82.2 Å². The van der Waals surface area contributed by atoms with Crippen molar-refractivity contribution in [2.45, 2.75) is 13.0 Å². The summed E-state index contributed by atoms with van der Waals surface area (Å²) in [5.41, 5.74) is 6.62. The number of benzene rings is 1. The predicted octanol–water partition coefficient (Wildman–Crippen LogP) is 1.29. The van der Waals surface area contributed by atoms with Gasteiger partial charge in [0.05, 0.1) is 7.11 Å². The molecule has 1 aromatic heterocycles. The minimum atomic E-state index is -0.222. The van der Waals surface area contributed by atoms with Gasteiger partial charge in [-0.25, -0.2) is 0 Å². The Labute approximate surface area is 117 Å². The molecule has 0 fully saturated rings. The third-order valence-electron chi connectivity index (χ3n) is 2.91. The SMILES string of the molecule is COc1cccc(N)c1C(=O)NCCCn1cccn1. The minimum absolute atomic E-state index is 0.222. The van der Waals surface area contributed by atoms with Crippen LogP contribution < -0.4 is 15.8 Å². The normalized spacial score (nSPS) is 10.2. The van der Waals surface area contributed by atoms with Crippen LogP contribution in [0.2, 0.25) is 0 Å². The van der Waals surface area contributed by atoms with Gasteiger partial charge in [-0.15, -0.1) is 0 Å². The van der Waals surface area contributed by atoms with Gasteiger partial charge < -0.3 is 15.8 Å². The van der Waals surface area contributed by atoms with Crippen molar-refractivity contribution in [2.24, 2.45) is 0 Å². The molecule has 2 aromatic rings. The summed E-state index contributed by atoms with van der Waals surface area (Å²) < 4.78 is 6.98. The third kappa shape index (κ3) is 3.28. The Morgan fingerprint density at radius 3 is 3.00 bits per heavy atom. The van der Waals surface area contributed by atoms with Crippen LogP contribution in [0.15, 0.2) is 36.7 Å². The molecule has 0 saturated carbocycles. The molecule has 0 saturated heterocycles. The number of nitrogen functional groups attached to an aromatic ring is 1. The molecule has 0 aliphatic carbocycles. The first-order valence-corrected chi connectivity index (χ1v) is 6.40. The average molecular weight is 274 g/mol. The van der Waals surface area contributed by atoms with E-state index < -0.39 is 0 Å². The van der Waals surface area contributed by atoms with E-state index in [1.165, 1.54) is 7.11 Å². The summed E-state index contributed by atoms with van der Waals surface area (Å²) in [4.78, 5) is 12.1. The molecule has 1 aromatic carbocycles. The molecular weight excluding hydrogens is 256 g/mol. The number of aromatic nitrogens is 2. The fourth-order valence-electron chi connectivity index (χ4n) is 1.93. The van der Waals surface area contributed by atoms with Crippen molar-refractivity contribution >= 4 is 11.6 Å². The first-order valence-electron chi connectivity index (χ1n) is 6.40. The second-order valence-electron chi connectivity index (χ2n) is 4.30. The average Bonchev–Trinajstić information content (AvgIpc) is 2.96. The van der Waals surface area contributed by atoms with E-state index in [-0.39, 0.29) is 5.91 Å². The van der Waals surface area contributed by atoms with Crippen molar-refractivity contribution in [2.75, 3.05) is 19.4 Å². The van der Waals surface area contributed by atoms with E-state index in [2.05, 4.69) is 10.4 Å². The summed E-state index contributed by atoms with van der Waals surface area (Å²) >= 11 is 0. The van der Waals surface area contributed by atoms with Crippen LogP contribution in [0.1, 0.15) is 16.8 Å². The van der Waals surface area contributed by atoms with Gasteiger partial charge >= 0.3 is 0 Å². The highest BCUT2D eigenvalue weighted by Gasteiger charge is 2.14. The smallest absolute Gasteiger partial charge is 0.257 e. The highest BCUT2D eigenvalue weighted by Crippen LogP contribution is 2.23. The van der Waals surface area contributed by atoms with Gasteiger partial charge in [-0.1, -0.05) is 6.07 Å². The molecule has 6 heteroatoms. The van der Waals surface area contributed by atoms with Crippen molar-refractivity contribution < 1.29 is 9.53 Å². The van der Waals surface area contributed by atoms with Gasteiger partial charge in [0.1, 0.15) is 11.3 Å². The molecule has 0 aliphatic rings. The molecule has 106 valence electrons. The number of nitrogens with zero attached hydrogens (tertiary/aromatic N) is 2.